The molecule has 0 unspecified atom stereocenters. The number of esters is 3. The van der Waals surface area contributed by atoms with Gasteiger partial charge in [0.1, 0.15) is 11.2 Å². The van der Waals surface area contributed by atoms with E-state index in [9.17, 15) is 19.2 Å². The largest absolute Gasteiger partial charge is 0.454 e. The average molecular weight is 563 g/mol. The molecule has 0 saturated carbocycles. The molecule has 0 aliphatic carbocycles. The maximum atomic E-state index is 13.2. The predicted octanol–water partition coefficient (Wildman–Crippen LogP) is 5.26. The molecule has 0 N–H and O–H groups in total. The first kappa shape index (κ1) is 29.0. The Bertz CT molecular complexity index is 1300. The van der Waals surface area contributed by atoms with E-state index in [4.69, 9.17) is 18.9 Å². The third kappa shape index (κ3) is 7.80. The minimum Gasteiger partial charge on any atom is -0.454 e. The maximum Gasteiger partial charge on any atom is 0.338 e. The fourth-order valence-electron chi connectivity index (χ4n) is 4.14. The van der Waals surface area contributed by atoms with Crippen molar-refractivity contribution in [1.29, 1.82) is 0 Å². The number of Topliss-reactive ketones (excluding diaryl/α,β-unsaturated/α-hetero) is 1. The molecule has 1 fully saturated rings. The van der Waals surface area contributed by atoms with Crippen molar-refractivity contribution in [3.05, 3.63) is 102 Å². The van der Waals surface area contributed by atoms with Crippen molar-refractivity contribution in [2.24, 2.45) is 0 Å². The lowest BCUT2D eigenvalue weighted by molar-refractivity contribution is -0.212. The summed E-state index contributed by atoms with van der Waals surface area (Å²) in [5.74, 6) is -2.15. The number of benzene rings is 3. The van der Waals surface area contributed by atoms with Gasteiger partial charge in [-0.3, -0.25) is 4.79 Å². The quantitative estimate of drug-likeness (QED) is 0.242. The van der Waals surface area contributed by atoms with E-state index in [0.29, 0.717) is 11.1 Å². The van der Waals surface area contributed by atoms with Crippen molar-refractivity contribution in [3.63, 3.8) is 0 Å². The minimum atomic E-state index is -1.20. The Hall–Kier alpha value is -3.95. The van der Waals surface area contributed by atoms with Gasteiger partial charge in [-0.05, 0) is 50.2 Å². The van der Waals surface area contributed by atoms with Crippen molar-refractivity contribution in [2.75, 3.05) is 0 Å². The van der Waals surface area contributed by atoms with Crippen LogP contribution in [0.25, 0.3) is 0 Å². The molecular weight excluding hydrogens is 532 g/mol. The molecule has 0 radical (unpaired) electrons. The number of ether oxygens (including phenoxy) is 4. The van der Waals surface area contributed by atoms with Gasteiger partial charge in [0.25, 0.3) is 0 Å². The van der Waals surface area contributed by atoms with Crippen LogP contribution >= 0.6 is 11.8 Å². The summed E-state index contributed by atoms with van der Waals surface area (Å²) in [7, 11) is 0. The molecule has 40 heavy (non-hydrogen) atoms. The zero-order chi connectivity index (χ0) is 28.5. The topological polar surface area (TPSA) is 105 Å². The summed E-state index contributed by atoms with van der Waals surface area (Å²) in [5, 5.41) is 0. The first-order chi connectivity index (χ1) is 19.3. The van der Waals surface area contributed by atoms with Crippen LogP contribution in [0.2, 0.25) is 0 Å². The normalized spacial score (nSPS) is 22.1. The van der Waals surface area contributed by atoms with Gasteiger partial charge in [-0.2, -0.15) is 0 Å². The average Bonchev–Trinajstić information content (AvgIpc) is 2.97. The van der Waals surface area contributed by atoms with Crippen LogP contribution in [0.15, 0.2) is 95.9 Å². The van der Waals surface area contributed by atoms with Gasteiger partial charge in [0, 0.05) is 11.3 Å². The van der Waals surface area contributed by atoms with Gasteiger partial charge in [-0.1, -0.05) is 66.4 Å². The molecule has 9 heteroatoms. The lowest BCUT2D eigenvalue weighted by Gasteiger charge is -2.43. The Kier molecular flexibility index (Phi) is 10.1. The SMILES string of the molecule is CC(=O)CCC(=O)O[C@@H]1[C@@H](OC(=O)c2ccccc2)[C@H](C)O[C@@H](Sc2ccccc2)[C@@H]1OC(=O)c1ccccc1. The van der Waals surface area contributed by atoms with Gasteiger partial charge in [-0.15, -0.1) is 0 Å². The van der Waals surface area contributed by atoms with Gasteiger partial charge in [-0.25, -0.2) is 9.59 Å². The molecule has 1 aliphatic rings. The van der Waals surface area contributed by atoms with Gasteiger partial charge in [0.05, 0.1) is 23.7 Å². The summed E-state index contributed by atoms with van der Waals surface area (Å²) < 4.78 is 23.9. The van der Waals surface area contributed by atoms with Crippen LogP contribution < -0.4 is 0 Å². The second-order valence-corrected chi connectivity index (χ2v) is 10.4. The van der Waals surface area contributed by atoms with Crippen molar-refractivity contribution in [1.82, 2.24) is 0 Å². The van der Waals surface area contributed by atoms with E-state index in [0.717, 1.165) is 4.90 Å². The van der Waals surface area contributed by atoms with E-state index in [1.807, 2.05) is 30.3 Å². The molecule has 5 atom stereocenters. The zero-order valence-corrected chi connectivity index (χ0v) is 23.0. The van der Waals surface area contributed by atoms with Crippen molar-refractivity contribution in [2.45, 2.75) is 61.4 Å². The number of hydrogen-bond donors (Lipinski definition) is 0. The van der Waals surface area contributed by atoms with Crippen LogP contribution in [0.5, 0.6) is 0 Å². The smallest absolute Gasteiger partial charge is 0.338 e. The minimum absolute atomic E-state index is 0.0112. The fraction of sp³-hybridized carbons (Fsp3) is 0.290. The number of hydrogen-bond acceptors (Lipinski definition) is 9. The van der Waals surface area contributed by atoms with Crippen LogP contribution in [0.4, 0.5) is 0 Å². The Labute approximate surface area is 237 Å². The number of rotatable bonds is 10. The highest BCUT2D eigenvalue weighted by Crippen LogP contribution is 2.38. The van der Waals surface area contributed by atoms with Crippen LogP contribution in [0.1, 0.15) is 47.4 Å². The van der Waals surface area contributed by atoms with Crippen molar-refractivity contribution in [3.8, 4) is 0 Å². The standard InChI is InChI=1S/C31H30O8S/c1-20(32)18-19-25(33)37-27-26(38-29(34)22-12-6-3-7-13-22)21(2)36-31(40-24-16-10-5-11-17-24)28(27)39-30(35)23-14-8-4-9-15-23/h3-17,21,26-28,31H,18-19H2,1-2H3/t21-,26-,27+,28+,31-/m0/s1. The van der Waals surface area contributed by atoms with E-state index >= 15 is 0 Å². The molecule has 3 aromatic rings. The number of carbonyl (C=O) groups excluding carboxylic acids is 4. The summed E-state index contributed by atoms with van der Waals surface area (Å²) in [6.07, 6.45) is -4.37. The molecule has 1 aliphatic heterocycles. The fourth-order valence-corrected chi connectivity index (χ4v) is 5.30. The lowest BCUT2D eigenvalue weighted by atomic mass is 9.99. The Balaban J connectivity index is 1.68. The van der Waals surface area contributed by atoms with Gasteiger partial charge in [0.2, 0.25) is 0 Å². The zero-order valence-electron chi connectivity index (χ0n) is 22.1. The summed E-state index contributed by atoms with van der Waals surface area (Å²) in [6, 6.07) is 26.1. The Morgan fingerprint density at radius 3 is 1.70 bits per heavy atom. The Morgan fingerprint density at radius 1 is 0.675 bits per heavy atom. The molecule has 1 saturated heterocycles. The van der Waals surface area contributed by atoms with E-state index in [-0.39, 0.29) is 18.6 Å². The van der Waals surface area contributed by atoms with Crippen LogP contribution in [-0.4, -0.2) is 53.5 Å². The summed E-state index contributed by atoms with van der Waals surface area (Å²) in [5.41, 5.74) is -0.207. The van der Waals surface area contributed by atoms with Crippen LogP contribution in [0.3, 0.4) is 0 Å². The van der Waals surface area contributed by atoms with E-state index in [1.165, 1.54) is 18.7 Å². The molecule has 8 nitrogen and oxygen atoms in total. The first-order valence-electron chi connectivity index (χ1n) is 12.9. The predicted molar refractivity (Wildman–Crippen MR) is 148 cm³/mol. The molecule has 0 spiro atoms. The molecule has 0 aromatic heterocycles. The lowest BCUT2D eigenvalue weighted by Crippen LogP contribution is -2.60. The van der Waals surface area contributed by atoms with Crippen LogP contribution in [0, 0.1) is 0 Å². The highest BCUT2D eigenvalue weighted by Gasteiger charge is 2.51. The molecular formula is C31H30O8S. The molecule has 4 rings (SSSR count). The molecule has 1 heterocycles. The molecule has 0 amide bonds. The van der Waals surface area contributed by atoms with Crippen LogP contribution in [-0.2, 0) is 28.5 Å². The highest BCUT2D eigenvalue weighted by atomic mass is 32.2. The van der Waals surface area contributed by atoms with E-state index in [2.05, 4.69) is 0 Å². The Morgan fingerprint density at radius 2 is 1.18 bits per heavy atom. The molecule has 208 valence electrons. The monoisotopic (exact) mass is 562 g/mol. The van der Waals surface area contributed by atoms with Crippen molar-refractivity contribution >= 4 is 35.5 Å². The second kappa shape index (κ2) is 13.9. The highest BCUT2D eigenvalue weighted by molar-refractivity contribution is 7.99. The van der Waals surface area contributed by atoms with Gasteiger partial charge in [0.15, 0.2) is 18.3 Å². The summed E-state index contributed by atoms with van der Waals surface area (Å²) in [6.45, 7) is 3.08. The maximum absolute atomic E-state index is 13.2. The summed E-state index contributed by atoms with van der Waals surface area (Å²) in [4.78, 5) is 51.5. The number of carbonyl (C=O) groups is 4. The number of ketones is 1. The van der Waals surface area contributed by atoms with Gasteiger partial charge >= 0.3 is 17.9 Å². The summed E-state index contributed by atoms with van der Waals surface area (Å²) >= 11 is 1.29. The number of thioether (sulfide) groups is 1. The second-order valence-electron chi connectivity index (χ2n) is 9.27. The van der Waals surface area contributed by atoms with E-state index < -0.39 is 47.8 Å². The van der Waals surface area contributed by atoms with Crippen molar-refractivity contribution < 1.29 is 38.1 Å². The molecule has 0 bridgehead atoms. The third-order valence-corrected chi connectivity index (χ3v) is 7.33. The third-order valence-electron chi connectivity index (χ3n) is 6.18. The molecule has 3 aromatic carbocycles. The first-order valence-corrected chi connectivity index (χ1v) is 13.8. The van der Waals surface area contributed by atoms with Gasteiger partial charge < -0.3 is 23.7 Å². The van der Waals surface area contributed by atoms with E-state index in [1.54, 1.807) is 67.6 Å².